The van der Waals surface area contributed by atoms with E-state index in [2.05, 4.69) is 9.98 Å². The Morgan fingerprint density at radius 2 is 1.81 bits per heavy atom. The molecular weight excluding hydrogens is 253 g/mol. The van der Waals surface area contributed by atoms with Crippen molar-refractivity contribution in [3.8, 4) is 6.07 Å². The molecule has 0 aliphatic carbocycles. The Kier molecular flexibility index (Phi) is 2.46. The van der Waals surface area contributed by atoms with Gasteiger partial charge in [-0.25, -0.2) is 9.98 Å². The van der Waals surface area contributed by atoms with E-state index in [9.17, 15) is 9.59 Å². The molecule has 0 aromatic heterocycles. The third-order valence-electron chi connectivity index (χ3n) is 1.90. The number of nitrogens with zero attached hydrogens (tertiary/aromatic N) is 3. The Morgan fingerprint density at radius 3 is 2.44 bits per heavy atom. The second-order valence-electron chi connectivity index (χ2n) is 2.86. The molecule has 2 amide bonds. The quantitative estimate of drug-likeness (QED) is 0.618. The minimum atomic E-state index is -1.03. The fourth-order valence-corrected chi connectivity index (χ4v) is 1.59. The Bertz CT molecular complexity index is 688. The van der Waals surface area contributed by atoms with E-state index in [1.165, 1.54) is 6.07 Å². The van der Waals surface area contributed by atoms with Crippen molar-refractivity contribution < 1.29 is 9.59 Å². The van der Waals surface area contributed by atoms with Crippen molar-refractivity contribution in [2.75, 3.05) is 0 Å². The minimum Gasteiger partial charge on any atom is -0.261 e. The summed E-state index contributed by atoms with van der Waals surface area (Å²) in [5.74, 6) is -2.02. The predicted molar refractivity (Wildman–Crippen MR) is 53.5 cm³/mol. The van der Waals surface area contributed by atoms with Gasteiger partial charge in [-0.2, -0.15) is 5.26 Å². The highest BCUT2D eigenvalue weighted by atomic mass is 35.5. The lowest BCUT2D eigenvalue weighted by Gasteiger charge is -2.02. The molecule has 1 aromatic rings. The summed E-state index contributed by atoms with van der Waals surface area (Å²) in [6.07, 6.45) is 0. The molecule has 1 aromatic carbocycles. The Hall–Kier alpha value is -1.77. The van der Waals surface area contributed by atoms with E-state index >= 15 is 0 Å². The van der Waals surface area contributed by atoms with E-state index in [0.29, 0.717) is 0 Å². The standard InChI is InChI=1S/C9HCl2N3O2/c10-4-1-5-7(3(2-12)6(4)11)14-9(16)8(15)13-5/h1H. The maximum Gasteiger partial charge on any atom is 0.338 e. The van der Waals surface area contributed by atoms with Gasteiger partial charge < -0.3 is 0 Å². The van der Waals surface area contributed by atoms with Crippen molar-refractivity contribution in [3.05, 3.63) is 32.4 Å². The lowest BCUT2D eigenvalue weighted by molar-refractivity contribution is -0.135. The summed E-state index contributed by atoms with van der Waals surface area (Å²) >= 11 is 11.5. The molecule has 7 heteroatoms. The molecule has 78 valence electrons. The van der Waals surface area contributed by atoms with E-state index < -0.39 is 11.8 Å². The van der Waals surface area contributed by atoms with Gasteiger partial charge in [0.15, 0.2) is 0 Å². The first-order valence-corrected chi connectivity index (χ1v) is 4.74. The zero-order valence-corrected chi connectivity index (χ0v) is 9.00. The van der Waals surface area contributed by atoms with E-state index in [1.807, 2.05) is 0 Å². The summed E-state index contributed by atoms with van der Waals surface area (Å²) in [6.45, 7) is 0. The number of carbonyl (C=O) groups excluding carboxylic acids is 2. The highest BCUT2D eigenvalue weighted by Crippen LogP contribution is 2.21. The summed E-state index contributed by atoms with van der Waals surface area (Å²) in [6, 6.07) is 3.05. The van der Waals surface area contributed by atoms with Crippen LogP contribution in [-0.2, 0) is 9.59 Å². The molecule has 0 saturated carbocycles. The van der Waals surface area contributed by atoms with Crippen LogP contribution >= 0.6 is 23.2 Å². The zero-order valence-electron chi connectivity index (χ0n) is 7.49. The van der Waals surface area contributed by atoms with Gasteiger partial charge in [0.25, 0.3) is 0 Å². The number of rotatable bonds is 0. The summed E-state index contributed by atoms with van der Waals surface area (Å²) in [4.78, 5) is 28.9. The van der Waals surface area contributed by atoms with Gasteiger partial charge in [-0.15, -0.1) is 0 Å². The highest BCUT2D eigenvalue weighted by molar-refractivity contribution is 6.42. The number of halogens is 2. The van der Waals surface area contributed by atoms with Crippen molar-refractivity contribution >= 4 is 35.0 Å². The monoisotopic (exact) mass is 253 g/mol. The summed E-state index contributed by atoms with van der Waals surface area (Å²) in [7, 11) is 0. The van der Waals surface area contributed by atoms with Crippen molar-refractivity contribution in [1.82, 2.24) is 0 Å². The lowest BCUT2D eigenvalue weighted by Crippen LogP contribution is -2.36. The molecule has 16 heavy (non-hydrogen) atoms. The van der Waals surface area contributed by atoms with Gasteiger partial charge >= 0.3 is 11.8 Å². The number of fused-ring (bicyclic) bond motifs is 1. The first kappa shape index (κ1) is 10.7. The van der Waals surface area contributed by atoms with Crippen LogP contribution in [0, 0.1) is 11.3 Å². The largest absolute Gasteiger partial charge is 0.338 e. The molecular formula is C9HCl2N3O2. The van der Waals surface area contributed by atoms with Gasteiger partial charge in [-0.1, -0.05) is 23.2 Å². The van der Waals surface area contributed by atoms with Gasteiger partial charge in [0.1, 0.15) is 17.0 Å². The zero-order chi connectivity index (χ0) is 11.9. The van der Waals surface area contributed by atoms with E-state index in [-0.39, 0.29) is 26.3 Å². The lowest BCUT2D eigenvalue weighted by atomic mass is 10.2. The van der Waals surface area contributed by atoms with E-state index in [4.69, 9.17) is 28.5 Å². The van der Waals surface area contributed by atoms with Gasteiger partial charge in [-0.3, -0.25) is 9.59 Å². The smallest absolute Gasteiger partial charge is 0.261 e. The minimum absolute atomic E-state index is 0.0102. The van der Waals surface area contributed by atoms with Gasteiger partial charge in [0.2, 0.25) is 0 Å². The molecule has 5 nitrogen and oxygen atoms in total. The maximum absolute atomic E-state index is 11.0. The normalized spacial score (nSPS) is 13.6. The molecule has 0 spiro atoms. The molecule has 0 unspecified atom stereocenters. The Labute approximate surface area is 98.6 Å². The highest BCUT2D eigenvalue weighted by Gasteiger charge is 2.19. The molecule has 0 N–H and O–H groups in total. The second-order valence-corrected chi connectivity index (χ2v) is 3.65. The molecule has 0 radical (unpaired) electrons. The molecule has 0 fully saturated rings. The molecule has 1 heterocycles. The van der Waals surface area contributed by atoms with E-state index in [1.54, 1.807) is 6.07 Å². The van der Waals surface area contributed by atoms with Crippen LogP contribution in [-0.4, -0.2) is 11.8 Å². The molecule has 0 bridgehead atoms. The van der Waals surface area contributed by atoms with Crippen LogP contribution in [0.15, 0.2) is 16.1 Å². The summed E-state index contributed by atoms with van der Waals surface area (Å²) < 4.78 is 0. The van der Waals surface area contributed by atoms with Crippen molar-refractivity contribution in [1.29, 1.82) is 5.26 Å². The fourth-order valence-electron chi connectivity index (χ4n) is 1.21. The SMILES string of the molecule is N#Cc1c(Cl)c(Cl)cc2c1=NC(=O)C(=O)N=2. The van der Waals surface area contributed by atoms with Gasteiger partial charge in [-0.05, 0) is 6.07 Å². The molecule has 1 aliphatic heterocycles. The van der Waals surface area contributed by atoms with Crippen LogP contribution in [0.1, 0.15) is 5.56 Å². The van der Waals surface area contributed by atoms with Crippen LogP contribution in [0.2, 0.25) is 10.0 Å². The third-order valence-corrected chi connectivity index (χ3v) is 2.69. The average Bonchev–Trinajstić information content (AvgIpc) is 2.24. The van der Waals surface area contributed by atoms with Crippen molar-refractivity contribution in [2.24, 2.45) is 9.98 Å². The average molecular weight is 254 g/mol. The third kappa shape index (κ3) is 1.48. The fraction of sp³-hybridized carbons (Fsp3) is 0. The number of carbonyl (C=O) groups is 2. The van der Waals surface area contributed by atoms with Crippen LogP contribution in [0.25, 0.3) is 0 Å². The summed E-state index contributed by atoms with van der Waals surface area (Å²) in [5.41, 5.74) is -0.0613. The van der Waals surface area contributed by atoms with Crippen LogP contribution in [0.3, 0.4) is 0 Å². The topological polar surface area (TPSA) is 82.6 Å². The first-order valence-electron chi connectivity index (χ1n) is 3.98. The molecule has 1 aliphatic rings. The van der Waals surface area contributed by atoms with Crippen LogP contribution in [0.5, 0.6) is 0 Å². The first-order chi connectivity index (χ1) is 7.54. The van der Waals surface area contributed by atoms with Crippen molar-refractivity contribution in [2.45, 2.75) is 0 Å². The number of benzene rings is 1. The number of hydrogen-bond acceptors (Lipinski definition) is 3. The number of amides is 2. The van der Waals surface area contributed by atoms with Gasteiger partial charge in [0.05, 0.1) is 15.4 Å². The summed E-state index contributed by atoms with van der Waals surface area (Å²) in [5, 5.41) is 9.00. The number of hydrogen-bond donors (Lipinski definition) is 0. The Balaban J connectivity index is 3.03. The molecule has 2 rings (SSSR count). The van der Waals surface area contributed by atoms with Crippen molar-refractivity contribution in [3.63, 3.8) is 0 Å². The Morgan fingerprint density at radius 1 is 1.19 bits per heavy atom. The van der Waals surface area contributed by atoms with E-state index in [0.717, 1.165) is 0 Å². The molecule has 0 saturated heterocycles. The predicted octanol–water partition coefficient (Wildman–Crippen LogP) is 0.171. The van der Waals surface area contributed by atoms with Crippen LogP contribution < -0.4 is 10.7 Å². The van der Waals surface area contributed by atoms with Crippen LogP contribution in [0.4, 0.5) is 0 Å². The number of nitriles is 1. The maximum atomic E-state index is 11.0. The second kappa shape index (κ2) is 3.67. The molecule has 0 atom stereocenters. The van der Waals surface area contributed by atoms with Gasteiger partial charge in [0, 0.05) is 0 Å².